The van der Waals surface area contributed by atoms with E-state index < -0.39 is 9.84 Å². The first kappa shape index (κ1) is 17.9. The molecule has 0 aliphatic heterocycles. The van der Waals surface area contributed by atoms with E-state index in [0.29, 0.717) is 6.54 Å². The maximum Gasteiger partial charge on any atom is 0.152 e. The molecule has 1 rings (SSSR count). The Labute approximate surface area is 124 Å². The van der Waals surface area contributed by atoms with Gasteiger partial charge in [0.1, 0.15) is 0 Å². The number of hydrogen-bond acceptors (Lipinski definition) is 5. The molecule has 1 saturated carbocycles. The zero-order valence-corrected chi connectivity index (χ0v) is 14.2. The highest BCUT2D eigenvalue weighted by molar-refractivity contribution is 7.91. The van der Waals surface area contributed by atoms with Gasteiger partial charge in [0.2, 0.25) is 0 Å². The average Bonchev–Trinajstić information content (AvgIpc) is 2.79. The lowest BCUT2D eigenvalue weighted by Gasteiger charge is -2.44. The van der Waals surface area contributed by atoms with E-state index in [1.807, 2.05) is 0 Å². The molecule has 5 nitrogen and oxygen atoms in total. The Kier molecular flexibility index (Phi) is 6.44. The van der Waals surface area contributed by atoms with E-state index in [2.05, 4.69) is 30.8 Å². The molecular weight excluding hydrogens is 274 g/mol. The zero-order chi connectivity index (χ0) is 15.4. The van der Waals surface area contributed by atoms with Crippen molar-refractivity contribution in [2.24, 2.45) is 5.73 Å². The Balaban J connectivity index is 2.89. The summed E-state index contributed by atoms with van der Waals surface area (Å²) in [5, 5.41) is -0.306. The van der Waals surface area contributed by atoms with Gasteiger partial charge in [0.25, 0.3) is 0 Å². The smallest absolute Gasteiger partial charge is 0.152 e. The summed E-state index contributed by atoms with van der Waals surface area (Å²) < 4.78 is 24.2. The molecule has 0 aromatic heterocycles. The molecule has 0 amide bonds. The van der Waals surface area contributed by atoms with E-state index in [4.69, 9.17) is 5.73 Å². The topological polar surface area (TPSA) is 66.6 Å². The molecule has 0 heterocycles. The van der Waals surface area contributed by atoms with E-state index in [1.54, 1.807) is 0 Å². The van der Waals surface area contributed by atoms with Crippen LogP contribution in [0.3, 0.4) is 0 Å². The van der Waals surface area contributed by atoms with Crippen LogP contribution in [-0.4, -0.2) is 75.5 Å². The minimum absolute atomic E-state index is 0.306. The van der Waals surface area contributed by atoms with Gasteiger partial charge in [0, 0.05) is 18.3 Å². The Morgan fingerprint density at radius 2 is 1.95 bits per heavy atom. The SMILES string of the molecule is CCN(CCCN(C)C)C1(CN)CCCC1S(C)(=O)=O. The van der Waals surface area contributed by atoms with Crippen LogP contribution in [0.25, 0.3) is 0 Å². The summed E-state index contributed by atoms with van der Waals surface area (Å²) in [6, 6.07) is 0. The van der Waals surface area contributed by atoms with Crippen LogP contribution in [-0.2, 0) is 9.84 Å². The quantitative estimate of drug-likeness (QED) is 0.709. The molecule has 0 radical (unpaired) electrons. The van der Waals surface area contributed by atoms with E-state index in [0.717, 1.165) is 45.3 Å². The molecule has 0 aromatic carbocycles. The number of nitrogens with two attached hydrogens (primary N) is 1. The van der Waals surface area contributed by atoms with Gasteiger partial charge in [-0.15, -0.1) is 0 Å². The number of hydrogen-bond donors (Lipinski definition) is 1. The Morgan fingerprint density at radius 1 is 1.30 bits per heavy atom. The molecule has 2 atom stereocenters. The molecule has 0 spiro atoms. The molecule has 0 bridgehead atoms. The van der Waals surface area contributed by atoms with Gasteiger partial charge in [-0.3, -0.25) is 4.90 Å². The molecule has 120 valence electrons. The van der Waals surface area contributed by atoms with Crippen LogP contribution in [0.2, 0.25) is 0 Å². The third-order valence-electron chi connectivity index (χ3n) is 4.59. The maximum atomic E-state index is 12.1. The van der Waals surface area contributed by atoms with Gasteiger partial charge in [-0.2, -0.15) is 0 Å². The minimum Gasteiger partial charge on any atom is -0.329 e. The summed E-state index contributed by atoms with van der Waals surface area (Å²) >= 11 is 0. The summed E-state index contributed by atoms with van der Waals surface area (Å²) in [6.07, 6.45) is 5.01. The molecule has 1 aliphatic rings. The second kappa shape index (κ2) is 7.20. The van der Waals surface area contributed by atoms with E-state index in [9.17, 15) is 8.42 Å². The van der Waals surface area contributed by atoms with Gasteiger partial charge in [-0.25, -0.2) is 8.42 Å². The van der Waals surface area contributed by atoms with Crippen molar-refractivity contribution in [2.75, 3.05) is 46.5 Å². The van der Waals surface area contributed by atoms with Crippen LogP contribution in [0.15, 0.2) is 0 Å². The van der Waals surface area contributed by atoms with Crippen molar-refractivity contribution in [1.29, 1.82) is 0 Å². The van der Waals surface area contributed by atoms with Gasteiger partial charge in [-0.05, 0) is 53.0 Å². The minimum atomic E-state index is -3.05. The van der Waals surface area contributed by atoms with Crippen LogP contribution >= 0.6 is 0 Å². The van der Waals surface area contributed by atoms with Gasteiger partial charge < -0.3 is 10.6 Å². The highest BCUT2D eigenvalue weighted by Gasteiger charge is 2.50. The largest absolute Gasteiger partial charge is 0.329 e. The van der Waals surface area contributed by atoms with Crippen molar-refractivity contribution in [1.82, 2.24) is 9.80 Å². The first-order valence-electron chi connectivity index (χ1n) is 7.56. The van der Waals surface area contributed by atoms with E-state index in [-0.39, 0.29) is 10.8 Å². The highest BCUT2D eigenvalue weighted by atomic mass is 32.2. The van der Waals surface area contributed by atoms with E-state index in [1.165, 1.54) is 6.26 Å². The van der Waals surface area contributed by atoms with Gasteiger partial charge in [0.05, 0.1) is 5.25 Å². The lowest BCUT2D eigenvalue weighted by Crippen LogP contribution is -2.60. The number of sulfone groups is 1. The predicted molar refractivity (Wildman–Crippen MR) is 84.7 cm³/mol. The molecule has 6 heteroatoms. The van der Waals surface area contributed by atoms with Crippen LogP contribution in [0.4, 0.5) is 0 Å². The highest BCUT2D eigenvalue weighted by Crippen LogP contribution is 2.38. The summed E-state index contributed by atoms with van der Waals surface area (Å²) in [5.74, 6) is 0. The van der Waals surface area contributed by atoms with Gasteiger partial charge in [-0.1, -0.05) is 13.3 Å². The molecule has 2 N–H and O–H groups in total. The summed E-state index contributed by atoms with van der Waals surface area (Å²) in [5.41, 5.74) is 5.69. The fourth-order valence-corrected chi connectivity index (χ4v) is 5.39. The predicted octanol–water partition coefficient (Wildman–Crippen LogP) is 0.555. The maximum absolute atomic E-state index is 12.1. The van der Waals surface area contributed by atoms with Gasteiger partial charge >= 0.3 is 0 Å². The first-order chi connectivity index (χ1) is 9.28. The van der Waals surface area contributed by atoms with Crippen molar-refractivity contribution in [3.05, 3.63) is 0 Å². The Morgan fingerprint density at radius 3 is 2.40 bits per heavy atom. The molecule has 1 fully saturated rings. The molecule has 0 saturated heterocycles. The fourth-order valence-electron chi connectivity index (χ4n) is 3.63. The van der Waals surface area contributed by atoms with Gasteiger partial charge in [0.15, 0.2) is 9.84 Å². The molecule has 0 aromatic rings. The Bertz CT molecular complexity index is 397. The molecule has 2 unspecified atom stereocenters. The lowest BCUT2D eigenvalue weighted by molar-refractivity contribution is 0.103. The van der Waals surface area contributed by atoms with Crippen LogP contribution in [0.1, 0.15) is 32.6 Å². The van der Waals surface area contributed by atoms with Crippen LogP contribution < -0.4 is 5.73 Å². The third kappa shape index (κ3) is 3.93. The Hall–Kier alpha value is -0.170. The van der Waals surface area contributed by atoms with Crippen molar-refractivity contribution < 1.29 is 8.42 Å². The average molecular weight is 305 g/mol. The van der Waals surface area contributed by atoms with Crippen molar-refractivity contribution >= 4 is 9.84 Å². The van der Waals surface area contributed by atoms with Crippen LogP contribution in [0.5, 0.6) is 0 Å². The number of nitrogens with zero attached hydrogens (tertiary/aromatic N) is 2. The second-order valence-electron chi connectivity index (χ2n) is 6.25. The fraction of sp³-hybridized carbons (Fsp3) is 1.00. The second-order valence-corrected chi connectivity index (χ2v) is 8.48. The summed E-state index contributed by atoms with van der Waals surface area (Å²) in [4.78, 5) is 4.47. The zero-order valence-electron chi connectivity index (χ0n) is 13.4. The third-order valence-corrected chi connectivity index (χ3v) is 6.30. The first-order valence-corrected chi connectivity index (χ1v) is 9.52. The standard InChI is InChI=1S/C14H31N3O2S/c1-5-17(11-7-10-16(2)3)14(12-15)9-6-8-13(14)20(4,18)19/h13H,5-12,15H2,1-4H3. The van der Waals surface area contributed by atoms with Crippen molar-refractivity contribution in [3.8, 4) is 0 Å². The normalized spacial score (nSPS) is 27.6. The number of rotatable bonds is 8. The molecular formula is C14H31N3O2S. The van der Waals surface area contributed by atoms with Crippen molar-refractivity contribution in [2.45, 2.75) is 43.4 Å². The molecule has 20 heavy (non-hydrogen) atoms. The molecule has 1 aliphatic carbocycles. The lowest BCUT2D eigenvalue weighted by atomic mass is 9.94. The summed E-state index contributed by atoms with van der Waals surface area (Å²) in [6.45, 7) is 5.32. The summed E-state index contributed by atoms with van der Waals surface area (Å²) in [7, 11) is 1.07. The van der Waals surface area contributed by atoms with E-state index >= 15 is 0 Å². The monoisotopic (exact) mass is 305 g/mol. The number of likely N-dealkylation sites (N-methyl/N-ethyl adjacent to an activating group) is 1. The van der Waals surface area contributed by atoms with Crippen LogP contribution in [0, 0.1) is 0 Å². The van der Waals surface area contributed by atoms with Crippen molar-refractivity contribution in [3.63, 3.8) is 0 Å².